The Morgan fingerprint density at radius 1 is 1.53 bits per heavy atom. The van der Waals surface area contributed by atoms with E-state index in [-0.39, 0.29) is 17.8 Å². The molecule has 1 unspecified atom stereocenters. The summed E-state index contributed by atoms with van der Waals surface area (Å²) in [6, 6.07) is 4.78. The van der Waals surface area contributed by atoms with E-state index in [9.17, 15) is 9.18 Å². The molecule has 1 aromatic carbocycles. The van der Waals surface area contributed by atoms with Crippen LogP contribution in [0.4, 0.5) is 4.39 Å². The van der Waals surface area contributed by atoms with Crippen LogP contribution in [-0.4, -0.2) is 19.1 Å². The molecule has 0 bridgehead atoms. The summed E-state index contributed by atoms with van der Waals surface area (Å²) in [5.41, 5.74) is 0.616. The number of hydrogen-bond donors (Lipinski definition) is 1. The van der Waals surface area contributed by atoms with E-state index >= 15 is 0 Å². The minimum absolute atomic E-state index is 0.0975. The van der Waals surface area contributed by atoms with Crippen molar-refractivity contribution in [1.29, 1.82) is 0 Å². The number of ether oxygens (including phenoxy) is 1. The number of halogens is 2. The fraction of sp³-hybridized carbons (Fsp3) is 0.500. The van der Waals surface area contributed by atoms with Crippen molar-refractivity contribution in [3.63, 3.8) is 0 Å². The topological polar surface area (TPSA) is 38.3 Å². The monoisotopic (exact) mass is 331 g/mol. The molecule has 0 aliphatic rings. The number of benzene rings is 1. The Morgan fingerprint density at radius 2 is 2.26 bits per heavy atom. The van der Waals surface area contributed by atoms with Gasteiger partial charge in [0.2, 0.25) is 0 Å². The van der Waals surface area contributed by atoms with E-state index in [0.717, 1.165) is 4.47 Å². The molecule has 0 aliphatic heterocycles. The first kappa shape index (κ1) is 16.1. The van der Waals surface area contributed by atoms with Crippen molar-refractivity contribution >= 4 is 21.9 Å². The highest BCUT2D eigenvalue weighted by molar-refractivity contribution is 9.10. The lowest BCUT2D eigenvalue weighted by Gasteiger charge is -2.15. The van der Waals surface area contributed by atoms with Crippen molar-refractivity contribution < 1.29 is 13.9 Å². The summed E-state index contributed by atoms with van der Waals surface area (Å²) in [7, 11) is 0. The summed E-state index contributed by atoms with van der Waals surface area (Å²) in [5, 5.41) is 3.20. The number of carbonyl (C=O) groups is 1. The predicted molar refractivity (Wildman–Crippen MR) is 76.4 cm³/mol. The average molecular weight is 332 g/mol. The third-order valence-electron chi connectivity index (χ3n) is 2.74. The minimum atomic E-state index is -0.228. The van der Waals surface area contributed by atoms with Gasteiger partial charge in [-0.2, -0.15) is 0 Å². The zero-order chi connectivity index (χ0) is 14.3. The molecule has 1 N–H and O–H groups in total. The first-order valence-corrected chi connectivity index (χ1v) is 7.17. The van der Waals surface area contributed by atoms with Gasteiger partial charge in [-0.15, -0.1) is 0 Å². The molecule has 0 aromatic heterocycles. The molecule has 0 saturated heterocycles. The van der Waals surface area contributed by atoms with Crippen molar-refractivity contribution in [2.24, 2.45) is 0 Å². The zero-order valence-electron chi connectivity index (χ0n) is 11.2. The van der Waals surface area contributed by atoms with Crippen LogP contribution in [0.1, 0.15) is 38.3 Å². The van der Waals surface area contributed by atoms with Gasteiger partial charge in [-0.3, -0.25) is 4.79 Å². The summed E-state index contributed by atoms with van der Waals surface area (Å²) >= 11 is 3.33. The van der Waals surface area contributed by atoms with E-state index in [2.05, 4.69) is 21.2 Å². The molecule has 106 valence electrons. The van der Waals surface area contributed by atoms with E-state index in [0.29, 0.717) is 31.6 Å². The summed E-state index contributed by atoms with van der Waals surface area (Å²) in [5.74, 6) is -0.417. The van der Waals surface area contributed by atoms with Gasteiger partial charge in [0, 0.05) is 22.5 Å². The summed E-state index contributed by atoms with van der Waals surface area (Å²) in [6.07, 6.45) is 1.06. The van der Waals surface area contributed by atoms with Gasteiger partial charge in [-0.25, -0.2) is 4.39 Å². The summed E-state index contributed by atoms with van der Waals surface area (Å²) in [6.45, 7) is 4.74. The molecule has 0 radical (unpaired) electrons. The standard InChI is InChI=1S/C14H19BrFNO2/c1-3-19-14(18)5-4-8-17-10(2)12-9-11(15)6-7-13(12)16/h6-7,9-10,17H,3-5,8H2,1-2H3. The van der Waals surface area contributed by atoms with Crippen molar-refractivity contribution in [3.8, 4) is 0 Å². The van der Waals surface area contributed by atoms with Gasteiger partial charge in [-0.1, -0.05) is 15.9 Å². The zero-order valence-corrected chi connectivity index (χ0v) is 12.8. The highest BCUT2D eigenvalue weighted by Gasteiger charge is 2.11. The maximum absolute atomic E-state index is 13.6. The Kier molecular flexibility index (Phi) is 7.02. The Labute approximate surface area is 121 Å². The molecule has 19 heavy (non-hydrogen) atoms. The van der Waals surface area contributed by atoms with E-state index in [1.54, 1.807) is 19.1 Å². The van der Waals surface area contributed by atoms with Crippen LogP contribution < -0.4 is 5.32 Å². The van der Waals surface area contributed by atoms with Gasteiger partial charge in [0.05, 0.1) is 6.61 Å². The Bertz CT molecular complexity index is 426. The van der Waals surface area contributed by atoms with Crippen LogP contribution >= 0.6 is 15.9 Å². The molecule has 0 fully saturated rings. The molecule has 3 nitrogen and oxygen atoms in total. The maximum Gasteiger partial charge on any atom is 0.305 e. The highest BCUT2D eigenvalue weighted by Crippen LogP contribution is 2.21. The Balaban J connectivity index is 2.37. The van der Waals surface area contributed by atoms with E-state index in [1.807, 2.05) is 6.92 Å². The number of rotatable bonds is 7. The lowest BCUT2D eigenvalue weighted by Crippen LogP contribution is -2.21. The Hall–Kier alpha value is -0.940. The lowest BCUT2D eigenvalue weighted by atomic mass is 10.1. The Morgan fingerprint density at radius 3 is 2.95 bits per heavy atom. The number of esters is 1. The van der Waals surface area contributed by atoms with E-state index < -0.39 is 0 Å². The van der Waals surface area contributed by atoms with Crippen LogP contribution in [0.5, 0.6) is 0 Å². The van der Waals surface area contributed by atoms with Gasteiger partial charge in [-0.05, 0) is 45.0 Å². The molecule has 0 heterocycles. The van der Waals surface area contributed by atoms with Gasteiger partial charge >= 0.3 is 5.97 Å². The second-order valence-corrected chi connectivity index (χ2v) is 5.17. The number of nitrogens with one attached hydrogen (secondary N) is 1. The molecule has 0 spiro atoms. The predicted octanol–water partition coefficient (Wildman–Crippen LogP) is 3.58. The molecule has 0 amide bonds. The van der Waals surface area contributed by atoms with Crippen molar-refractivity contribution in [1.82, 2.24) is 5.32 Å². The van der Waals surface area contributed by atoms with Gasteiger partial charge < -0.3 is 10.1 Å². The van der Waals surface area contributed by atoms with Crippen LogP contribution in [0.15, 0.2) is 22.7 Å². The smallest absolute Gasteiger partial charge is 0.305 e. The van der Waals surface area contributed by atoms with Crippen LogP contribution in [0, 0.1) is 5.82 Å². The minimum Gasteiger partial charge on any atom is -0.466 e. The molecule has 5 heteroatoms. The lowest BCUT2D eigenvalue weighted by molar-refractivity contribution is -0.143. The average Bonchev–Trinajstić information content (AvgIpc) is 2.37. The molecular formula is C14H19BrFNO2. The fourth-order valence-electron chi connectivity index (χ4n) is 1.74. The molecular weight excluding hydrogens is 313 g/mol. The van der Waals surface area contributed by atoms with Gasteiger partial charge in [0.15, 0.2) is 0 Å². The van der Waals surface area contributed by atoms with Crippen molar-refractivity contribution in [3.05, 3.63) is 34.1 Å². The van der Waals surface area contributed by atoms with E-state index in [1.165, 1.54) is 6.07 Å². The summed E-state index contributed by atoms with van der Waals surface area (Å²) < 4.78 is 19.3. The molecule has 0 aliphatic carbocycles. The number of carbonyl (C=O) groups excluding carboxylic acids is 1. The normalized spacial score (nSPS) is 12.2. The van der Waals surface area contributed by atoms with Crippen LogP contribution in [-0.2, 0) is 9.53 Å². The SMILES string of the molecule is CCOC(=O)CCCNC(C)c1cc(Br)ccc1F. The van der Waals surface area contributed by atoms with Crippen LogP contribution in [0.2, 0.25) is 0 Å². The van der Waals surface area contributed by atoms with Gasteiger partial charge in [0.25, 0.3) is 0 Å². The highest BCUT2D eigenvalue weighted by atomic mass is 79.9. The van der Waals surface area contributed by atoms with Crippen LogP contribution in [0.25, 0.3) is 0 Å². The third kappa shape index (κ3) is 5.70. The fourth-order valence-corrected chi connectivity index (χ4v) is 2.12. The first-order valence-electron chi connectivity index (χ1n) is 6.38. The second-order valence-electron chi connectivity index (χ2n) is 4.25. The largest absolute Gasteiger partial charge is 0.466 e. The molecule has 1 rings (SSSR count). The molecule has 1 atom stereocenters. The van der Waals surface area contributed by atoms with Crippen molar-refractivity contribution in [2.75, 3.05) is 13.2 Å². The molecule has 1 aromatic rings. The van der Waals surface area contributed by atoms with Crippen molar-refractivity contribution in [2.45, 2.75) is 32.7 Å². The van der Waals surface area contributed by atoms with E-state index in [4.69, 9.17) is 4.74 Å². The quantitative estimate of drug-likeness (QED) is 0.613. The second kappa shape index (κ2) is 8.27. The van der Waals surface area contributed by atoms with Crippen LogP contribution in [0.3, 0.4) is 0 Å². The van der Waals surface area contributed by atoms with Gasteiger partial charge in [0.1, 0.15) is 5.82 Å². The third-order valence-corrected chi connectivity index (χ3v) is 3.23. The first-order chi connectivity index (χ1) is 9.04. The number of hydrogen-bond acceptors (Lipinski definition) is 3. The summed E-state index contributed by atoms with van der Waals surface area (Å²) in [4.78, 5) is 11.1. The maximum atomic E-state index is 13.6. The molecule has 0 saturated carbocycles.